The van der Waals surface area contributed by atoms with Gasteiger partial charge in [0, 0.05) is 32.1 Å². The Morgan fingerprint density at radius 3 is 2.66 bits per heavy atom. The van der Waals surface area contributed by atoms with E-state index >= 15 is 0 Å². The molecule has 2 aromatic carbocycles. The van der Waals surface area contributed by atoms with Crippen molar-refractivity contribution in [2.45, 2.75) is 20.0 Å². The summed E-state index contributed by atoms with van der Waals surface area (Å²) in [6.45, 7) is 7.10. The van der Waals surface area contributed by atoms with Crippen LogP contribution in [0.15, 0.2) is 59.6 Å². The van der Waals surface area contributed by atoms with Crippen LogP contribution in [0.25, 0.3) is 0 Å². The SMILES string of the molecule is CCNC(=NCCNC(=O)c1ccccc1Cl)N1CCC(COCc2ccccc2)C1.I. The molecule has 2 aromatic rings. The second-order valence-corrected chi connectivity index (χ2v) is 7.98. The highest BCUT2D eigenvalue weighted by Crippen LogP contribution is 2.17. The lowest BCUT2D eigenvalue weighted by Gasteiger charge is -2.21. The molecule has 1 fully saturated rings. The molecule has 6 nitrogen and oxygen atoms in total. The van der Waals surface area contributed by atoms with Gasteiger partial charge in [0.2, 0.25) is 0 Å². The second-order valence-electron chi connectivity index (χ2n) is 7.57. The summed E-state index contributed by atoms with van der Waals surface area (Å²) in [4.78, 5) is 19.2. The largest absolute Gasteiger partial charge is 0.376 e. The lowest BCUT2D eigenvalue weighted by atomic mass is 10.1. The van der Waals surface area contributed by atoms with E-state index in [1.807, 2.05) is 24.3 Å². The predicted octanol–water partition coefficient (Wildman–Crippen LogP) is 4.19. The maximum absolute atomic E-state index is 12.3. The number of guanidine groups is 1. The summed E-state index contributed by atoms with van der Waals surface area (Å²) in [6, 6.07) is 17.3. The number of rotatable bonds is 9. The minimum Gasteiger partial charge on any atom is -0.376 e. The first-order valence-electron chi connectivity index (χ1n) is 10.8. The van der Waals surface area contributed by atoms with Crippen molar-refractivity contribution in [1.29, 1.82) is 0 Å². The number of carbonyl (C=O) groups excluding carboxylic acids is 1. The summed E-state index contributed by atoms with van der Waals surface area (Å²) in [6.07, 6.45) is 1.09. The van der Waals surface area contributed by atoms with Gasteiger partial charge in [0.1, 0.15) is 0 Å². The minimum atomic E-state index is -0.178. The van der Waals surface area contributed by atoms with Crippen molar-refractivity contribution < 1.29 is 9.53 Å². The second kappa shape index (κ2) is 14.3. The van der Waals surface area contributed by atoms with Gasteiger partial charge >= 0.3 is 0 Å². The highest BCUT2D eigenvalue weighted by Gasteiger charge is 2.25. The Kier molecular flexibility index (Phi) is 11.8. The Hall–Kier alpha value is -1.84. The zero-order valence-electron chi connectivity index (χ0n) is 18.4. The van der Waals surface area contributed by atoms with Gasteiger partial charge in [-0.05, 0) is 31.0 Å². The molecule has 1 heterocycles. The summed E-state index contributed by atoms with van der Waals surface area (Å²) in [7, 11) is 0. The molecule has 1 saturated heterocycles. The number of hydrogen-bond acceptors (Lipinski definition) is 3. The molecule has 3 rings (SSSR count). The van der Waals surface area contributed by atoms with Crippen LogP contribution in [0.2, 0.25) is 5.02 Å². The van der Waals surface area contributed by atoms with Gasteiger partial charge in [-0.1, -0.05) is 54.1 Å². The number of benzene rings is 2. The van der Waals surface area contributed by atoms with Gasteiger partial charge in [0.25, 0.3) is 5.91 Å². The lowest BCUT2D eigenvalue weighted by molar-refractivity contribution is 0.0906. The number of amides is 1. The molecule has 0 aliphatic carbocycles. The number of halogens is 2. The van der Waals surface area contributed by atoms with Crippen LogP contribution in [0.3, 0.4) is 0 Å². The van der Waals surface area contributed by atoms with E-state index in [0.29, 0.717) is 36.2 Å². The summed E-state index contributed by atoms with van der Waals surface area (Å²) >= 11 is 6.08. The third-order valence-electron chi connectivity index (χ3n) is 5.16. The fourth-order valence-electron chi connectivity index (χ4n) is 3.58. The van der Waals surface area contributed by atoms with Crippen molar-refractivity contribution in [2.24, 2.45) is 10.9 Å². The number of nitrogens with one attached hydrogen (secondary N) is 2. The zero-order valence-corrected chi connectivity index (χ0v) is 21.5. The third kappa shape index (κ3) is 8.26. The van der Waals surface area contributed by atoms with E-state index in [2.05, 4.69) is 39.6 Å². The third-order valence-corrected chi connectivity index (χ3v) is 5.49. The molecule has 1 unspecified atom stereocenters. The van der Waals surface area contributed by atoms with Gasteiger partial charge in [-0.3, -0.25) is 9.79 Å². The van der Waals surface area contributed by atoms with Gasteiger partial charge in [-0.25, -0.2) is 0 Å². The first-order chi connectivity index (χ1) is 15.2. The fourth-order valence-corrected chi connectivity index (χ4v) is 3.80. The Morgan fingerprint density at radius 2 is 1.91 bits per heavy atom. The first-order valence-corrected chi connectivity index (χ1v) is 11.2. The van der Waals surface area contributed by atoms with Crippen molar-refractivity contribution >= 4 is 47.4 Å². The molecule has 32 heavy (non-hydrogen) atoms. The molecule has 1 amide bonds. The number of hydrogen-bond donors (Lipinski definition) is 2. The number of aliphatic imine (C=N–C) groups is 1. The number of ether oxygens (including phenoxy) is 1. The van der Waals surface area contributed by atoms with Crippen molar-refractivity contribution in [3.63, 3.8) is 0 Å². The summed E-state index contributed by atoms with van der Waals surface area (Å²) < 4.78 is 5.92. The molecular formula is C24H32ClIN4O2. The molecule has 2 N–H and O–H groups in total. The van der Waals surface area contributed by atoms with Crippen LogP contribution in [0.5, 0.6) is 0 Å². The van der Waals surface area contributed by atoms with Crippen LogP contribution in [0, 0.1) is 5.92 Å². The maximum atomic E-state index is 12.3. The minimum absolute atomic E-state index is 0. The number of nitrogens with zero attached hydrogens (tertiary/aromatic N) is 2. The Morgan fingerprint density at radius 1 is 1.16 bits per heavy atom. The zero-order chi connectivity index (χ0) is 21.9. The first kappa shape index (κ1) is 26.4. The summed E-state index contributed by atoms with van der Waals surface area (Å²) in [5.41, 5.74) is 1.68. The summed E-state index contributed by atoms with van der Waals surface area (Å²) in [5.74, 6) is 1.20. The van der Waals surface area contributed by atoms with E-state index in [-0.39, 0.29) is 29.9 Å². The van der Waals surface area contributed by atoms with Crippen LogP contribution in [-0.4, -0.2) is 56.1 Å². The quantitative estimate of drug-likeness (QED) is 0.205. The Labute approximate surface area is 212 Å². The van der Waals surface area contributed by atoms with Gasteiger partial charge < -0.3 is 20.3 Å². The average molecular weight is 571 g/mol. The van der Waals surface area contributed by atoms with Gasteiger partial charge in [0.15, 0.2) is 5.96 Å². The molecule has 1 atom stereocenters. The highest BCUT2D eigenvalue weighted by molar-refractivity contribution is 14.0. The Balaban J connectivity index is 0.00000363. The standard InChI is InChI=1S/C24H31ClN4O2.HI/c1-2-26-24(28-14-13-27-23(30)21-10-6-7-11-22(21)25)29-15-12-20(16-29)18-31-17-19-8-4-3-5-9-19;/h3-11,20H,2,12-18H2,1H3,(H,26,28)(H,27,30);1H. The van der Waals surface area contributed by atoms with Gasteiger partial charge in [-0.2, -0.15) is 0 Å². The van der Waals surface area contributed by atoms with E-state index in [1.54, 1.807) is 18.2 Å². The van der Waals surface area contributed by atoms with Crippen molar-refractivity contribution in [1.82, 2.24) is 15.5 Å². The van der Waals surface area contributed by atoms with E-state index in [9.17, 15) is 4.79 Å². The molecule has 0 spiro atoms. The molecule has 1 aliphatic heterocycles. The van der Waals surface area contributed by atoms with E-state index in [1.165, 1.54) is 5.56 Å². The van der Waals surface area contributed by atoms with E-state index < -0.39 is 0 Å². The molecule has 0 aromatic heterocycles. The van der Waals surface area contributed by atoms with Crippen LogP contribution >= 0.6 is 35.6 Å². The van der Waals surface area contributed by atoms with Crippen molar-refractivity contribution in [2.75, 3.05) is 39.3 Å². The fraction of sp³-hybridized carbons (Fsp3) is 0.417. The molecule has 0 bridgehead atoms. The monoisotopic (exact) mass is 570 g/mol. The van der Waals surface area contributed by atoms with Gasteiger partial charge in [0.05, 0.1) is 30.3 Å². The number of carbonyl (C=O) groups is 1. The van der Waals surface area contributed by atoms with Gasteiger partial charge in [-0.15, -0.1) is 24.0 Å². The smallest absolute Gasteiger partial charge is 0.252 e. The molecule has 8 heteroatoms. The van der Waals surface area contributed by atoms with Crippen LogP contribution in [0.4, 0.5) is 0 Å². The highest BCUT2D eigenvalue weighted by atomic mass is 127. The van der Waals surface area contributed by atoms with E-state index in [4.69, 9.17) is 16.3 Å². The normalized spacial score (nSPS) is 15.9. The molecule has 0 radical (unpaired) electrons. The molecule has 174 valence electrons. The van der Waals surface area contributed by atoms with Crippen LogP contribution in [0.1, 0.15) is 29.3 Å². The predicted molar refractivity (Wildman–Crippen MR) is 141 cm³/mol. The van der Waals surface area contributed by atoms with E-state index in [0.717, 1.165) is 38.6 Å². The molecule has 0 saturated carbocycles. The molecular weight excluding hydrogens is 539 g/mol. The van der Waals surface area contributed by atoms with Crippen LogP contribution in [-0.2, 0) is 11.3 Å². The van der Waals surface area contributed by atoms with Crippen LogP contribution < -0.4 is 10.6 Å². The summed E-state index contributed by atoms with van der Waals surface area (Å²) in [5, 5.41) is 6.69. The van der Waals surface area contributed by atoms with Crippen molar-refractivity contribution in [3.05, 3.63) is 70.7 Å². The average Bonchev–Trinajstić information content (AvgIpc) is 3.25. The lowest BCUT2D eigenvalue weighted by Crippen LogP contribution is -2.40. The number of likely N-dealkylation sites (tertiary alicyclic amines) is 1. The van der Waals surface area contributed by atoms with Crippen molar-refractivity contribution in [3.8, 4) is 0 Å². The Bertz CT molecular complexity index is 866. The maximum Gasteiger partial charge on any atom is 0.252 e. The molecule has 1 aliphatic rings. The topological polar surface area (TPSA) is 66.0 Å².